The monoisotopic (exact) mass is 258 g/mol. The molecule has 0 bridgehead atoms. The van der Waals surface area contributed by atoms with E-state index >= 15 is 0 Å². The fraction of sp³-hybridized carbons (Fsp3) is 0.286. The summed E-state index contributed by atoms with van der Waals surface area (Å²) in [6.07, 6.45) is 0. The number of nitrogens with one attached hydrogen (secondary N) is 2. The van der Waals surface area contributed by atoms with Crippen molar-refractivity contribution in [2.24, 2.45) is 0 Å². The number of nitrogen functional groups attached to an aromatic ring is 1. The number of aromatic nitrogens is 2. The van der Waals surface area contributed by atoms with Crippen LogP contribution in [0.15, 0.2) is 24.3 Å². The molecule has 0 aliphatic rings. The molecule has 1 aromatic carbocycles. The normalized spacial score (nSPS) is 10.7. The van der Waals surface area contributed by atoms with Crippen molar-refractivity contribution >= 4 is 17.4 Å². The quantitative estimate of drug-likeness (QED) is 0.740. The zero-order valence-corrected chi connectivity index (χ0v) is 11.3. The van der Waals surface area contributed by atoms with Gasteiger partial charge in [0.25, 0.3) is 5.91 Å². The van der Waals surface area contributed by atoms with E-state index in [1.54, 1.807) is 6.07 Å². The molecule has 5 nitrogen and oxygen atoms in total. The molecule has 0 aliphatic carbocycles. The van der Waals surface area contributed by atoms with Gasteiger partial charge in [0.1, 0.15) is 0 Å². The third-order valence-electron chi connectivity index (χ3n) is 2.99. The Morgan fingerprint density at radius 2 is 2.16 bits per heavy atom. The van der Waals surface area contributed by atoms with E-state index in [9.17, 15) is 4.79 Å². The molecule has 1 aromatic heterocycles. The molecule has 0 aliphatic heterocycles. The van der Waals surface area contributed by atoms with Crippen molar-refractivity contribution in [3.05, 3.63) is 41.1 Å². The van der Waals surface area contributed by atoms with E-state index in [1.165, 1.54) is 0 Å². The smallest absolute Gasteiger partial charge is 0.259 e. The molecule has 2 rings (SSSR count). The van der Waals surface area contributed by atoms with Gasteiger partial charge in [-0.15, -0.1) is 0 Å². The fourth-order valence-electron chi connectivity index (χ4n) is 1.88. The molecule has 0 spiro atoms. The molecule has 4 N–H and O–H groups in total. The third kappa shape index (κ3) is 2.76. The van der Waals surface area contributed by atoms with Crippen LogP contribution in [-0.2, 0) is 0 Å². The Bertz CT molecular complexity index is 581. The van der Waals surface area contributed by atoms with Crippen LogP contribution in [0.5, 0.6) is 0 Å². The highest BCUT2D eigenvalue weighted by Gasteiger charge is 2.14. The van der Waals surface area contributed by atoms with Gasteiger partial charge in [0.05, 0.1) is 5.56 Å². The van der Waals surface area contributed by atoms with Gasteiger partial charge in [-0.05, 0) is 24.5 Å². The van der Waals surface area contributed by atoms with Gasteiger partial charge < -0.3 is 11.1 Å². The minimum Gasteiger partial charge on any atom is -0.398 e. The Morgan fingerprint density at radius 3 is 2.74 bits per heavy atom. The average Bonchev–Trinajstić information content (AvgIpc) is 2.77. The van der Waals surface area contributed by atoms with Crippen molar-refractivity contribution in [3.8, 4) is 0 Å². The van der Waals surface area contributed by atoms with Crippen LogP contribution in [-0.4, -0.2) is 16.1 Å². The lowest BCUT2D eigenvalue weighted by atomic mass is 10.1. The van der Waals surface area contributed by atoms with E-state index in [0.717, 1.165) is 11.3 Å². The minimum atomic E-state index is -0.239. The van der Waals surface area contributed by atoms with Crippen LogP contribution in [0.1, 0.15) is 41.4 Å². The molecule has 0 saturated heterocycles. The first-order valence-electron chi connectivity index (χ1n) is 6.20. The van der Waals surface area contributed by atoms with Crippen molar-refractivity contribution in [1.82, 2.24) is 10.2 Å². The molecule has 0 fully saturated rings. The van der Waals surface area contributed by atoms with Gasteiger partial charge in [-0.1, -0.05) is 26.0 Å². The summed E-state index contributed by atoms with van der Waals surface area (Å²) in [6, 6.07) is 7.23. The highest BCUT2D eigenvalue weighted by molar-refractivity contribution is 6.08. The largest absolute Gasteiger partial charge is 0.398 e. The summed E-state index contributed by atoms with van der Waals surface area (Å²) in [5, 5.41) is 9.71. The molecule has 1 amide bonds. The Kier molecular flexibility index (Phi) is 3.55. The first-order chi connectivity index (χ1) is 8.99. The molecule has 2 aromatic rings. The summed E-state index contributed by atoms with van der Waals surface area (Å²) in [5.74, 6) is 0.607. The topological polar surface area (TPSA) is 83.8 Å². The number of nitrogens with zero attached hydrogens (tertiary/aromatic N) is 1. The lowest BCUT2D eigenvalue weighted by Gasteiger charge is -2.08. The SMILES string of the molecule is Cc1cccc(N)c1C(=O)Nc1cc(C(C)C)[nH]n1. The van der Waals surface area contributed by atoms with Crippen LogP contribution in [0.4, 0.5) is 11.5 Å². The predicted molar refractivity (Wildman–Crippen MR) is 76.2 cm³/mol. The van der Waals surface area contributed by atoms with Gasteiger partial charge in [-0.25, -0.2) is 0 Å². The van der Waals surface area contributed by atoms with E-state index in [0.29, 0.717) is 23.0 Å². The Labute approximate surface area is 112 Å². The summed E-state index contributed by atoms with van der Waals surface area (Å²) in [4.78, 5) is 12.2. The van der Waals surface area contributed by atoms with Gasteiger partial charge in [0.15, 0.2) is 5.82 Å². The summed E-state index contributed by atoms with van der Waals surface area (Å²) in [7, 11) is 0. The van der Waals surface area contributed by atoms with Crippen molar-refractivity contribution in [1.29, 1.82) is 0 Å². The lowest BCUT2D eigenvalue weighted by molar-refractivity contribution is 0.102. The summed E-state index contributed by atoms with van der Waals surface area (Å²) in [5.41, 5.74) is 8.63. The van der Waals surface area contributed by atoms with Crippen molar-refractivity contribution in [2.75, 3.05) is 11.1 Å². The number of rotatable bonds is 3. The number of carbonyl (C=O) groups is 1. The fourth-order valence-corrected chi connectivity index (χ4v) is 1.88. The Balaban J connectivity index is 2.21. The first kappa shape index (κ1) is 13.1. The van der Waals surface area contributed by atoms with E-state index in [-0.39, 0.29) is 5.91 Å². The molecule has 0 unspecified atom stereocenters. The zero-order valence-electron chi connectivity index (χ0n) is 11.3. The number of anilines is 2. The maximum Gasteiger partial charge on any atom is 0.259 e. The highest BCUT2D eigenvalue weighted by Crippen LogP contribution is 2.19. The van der Waals surface area contributed by atoms with Gasteiger partial charge in [-0.2, -0.15) is 5.10 Å². The second-order valence-electron chi connectivity index (χ2n) is 4.86. The predicted octanol–water partition coefficient (Wildman–Crippen LogP) is 2.68. The van der Waals surface area contributed by atoms with Gasteiger partial charge in [0, 0.05) is 17.4 Å². The van der Waals surface area contributed by atoms with Crippen molar-refractivity contribution in [2.45, 2.75) is 26.7 Å². The Hall–Kier alpha value is -2.30. The number of aryl methyl sites for hydroxylation is 1. The molecule has 0 saturated carbocycles. The average molecular weight is 258 g/mol. The molecule has 0 atom stereocenters. The Morgan fingerprint density at radius 1 is 1.42 bits per heavy atom. The molecular weight excluding hydrogens is 240 g/mol. The van der Waals surface area contributed by atoms with E-state index < -0.39 is 0 Å². The van der Waals surface area contributed by atoms with Gasteiger partial charge in [0.2, 0.25) is 0 Å². The second-order valence-corrected chi connectivity index (χ2v) is 4.86. The van der Waals surface area contributed by atoms with Gasteiger partial charge in [-0.3, -0.25) is 9.89 Å². The second kappa shape index (κ2) is 5.14. The van der Waals surface area contributed by atoms with E-state index in [2.05, 4.69) is 29.4 Å². The van der Waals surface area contributed by atoms with Crippen molar-refractivity contribution in [3.63, 3.8) is 0 Å². The number of nitrogens with two attached hydrogens (primary N) is 1. The summed E-state index contributed by atoms with van der Waals surface area (Å²) >= 11 is 0. The van der Waals surface area contributed by atoms with Crippen LogP contribution in [0, 0.1) is 6.92 Å². The summed E-state index contributed by atoms with van der Waals surface area (Å²) in [6.45, 7) is 5.96. The number of H-pyrrole nitrogens is 1. The van der Waals surface area contributed by atoms with Crippen LogP contribution in [0.3, 0.4) is 0 Å². The number of amides is 1. The first-order valence-corrected chi connectivity index (χ1v) is 6.20. The third-order valence-corrected chi connectivity index (χ3v) is 2.99. The lowest BCUT2D eigenvalue weighted by Crippen LogP contribution is -2.15. The van der Waals surface area contributed by atoms with Gasteiger partial charge >= 0.3 is 0 Å². The highest BCUT2D eigenvalue weighted by atomic mass is 16.1. The van der Waals surface area contributed by atoms with E-state index in [4.69, 9.17) is 5.73 Å². The maximum absolute atomic E-state index is 12.2. The molecule has 19 heavy (non-hydrogen) atoms. The zero-order chi connectivity index (χ0) is 14.0. The number of hydrogen-bond donors (Lipinski definition) is 3. The number of benzene rings is 1. The van der Waals surface area contributed by atoms with Crippen molar-refractivity contribution < 1.29 is 4.79 Å². The molecule has 5 heteroatoms. The maximum atomic E-state index is 12.2. The molecule has 100 valence electrons. The summed E-state index contributed by atoms with van der Waals surface area (Å²) < 4.78 is 0. The number of hydrogen-bond acceptors (Lipinski definition) is 3. The van der Waals surface area contributed by atoms with E-state index in [1.807, 2.05) is 25.1 Å². The van der Waals surface area contributed by atoms with Crippen LogP contribution in [0.2, 0.25) is 0 Å². The van der Waals surface area contributed by atoms with Crippen LogP contribution >= 0.6 is 0 Å². The molecule has 1 heterocycles. The molecular formula is C14H18N4O. The van der Waals surface area contributed by atoms with Crippen LogP contribution < -0.4 is 11.1 Å². The number of carbonyl (C=O) groups excluding carboxylic acids is 1. The standard InChI is InChI=1S/C14H18N4O/c1-8(2)11-7-12(18-17-11)16-14(19)13-9(3)5-4-6-10(13)15/h4-8H,15H2,1-3H3,(H2,16,17,18,19). The molecule has 0 radical (unpaired) electrons. The van der Waals surface area contributed by atoms with Crippen LogP contribution in [0.25, 0.3) is 0 Å². The number of aromatic amines is 1. The minimum absolute atomic E-state index is 0.239.